The Morgan fingerprint density at radius 2 is 1.89 bits per heavy atom. The van der Waals surface area contributed by atoms with Crippen molar-refractivity contribution in [3.8, 4) is 0 Å². The molecule has 0 bridgehead atoms. The number of hydrogen-bond donors (Lipinski definition) is 2. The summed E-state index contributed by atoms with van der Waals surface area (Å²) in [5.41, 5.74) is 9.48. The first-order chi connectivity index (χ1) is 18.5. The van der Waals surface area contributed by atoms with Gasteiger partial charge in [-0.25, -0.2) is 4.98 Å². The molecule has 3 aromatic heterocycles. The minimum Gasteiger partial charge on any atom is -0.373 e. The fourth-order valence-electron chi connectivity index (χ4n) is 6.06. The van der Waals surface area contributed by atoms with Crippen molar-refractivity contribution in [2.24, 2.45) is 0 Å². The van der Waals surface area contributed by atoms with Crippen molar-refractivity contribution < 1.29 is 4.79 Å². The summed E-state index contributed by atoms with van der Waals surface area (Å²) >= 11 is 0. The molecule has 194 valence electrons. The lowest BCUT2D eigenvalue weighted by molar-refractivity contribution is 0.102. The molecule has 0 saturated heterocycles. The number of benzene rings is 1. The Kier molecular flexibility index (Phi) is 6.40. The number of rotatable bonds is 7. The van der Waals surface area contributed by atoms with Crippen molar-refractivity contribution in [3.63, 3.8) is 0 Å². The molecule has 1 unspecified atom stereocenters. The highest BCUT2D eigenvalue weighted by Gasteiger charge is 2.37. The van der Waals surface area contributed by atoms with Crippen molar-refractivity contribution >= 4 is 28.5 Å². The van der Waals surface area contributed by atoms with Crippen LogP contribution in [0.2, 0.25) is 0 Å². The van der Waals surface area contributed by atoms with E-state index in [0.717, 1.165) is 72.1 Å². The molecule has 4 aromatic rings. The van der Waals surface area contributed by atoms with E-state index in [1.807, 2.05) is 25.3 Å². The summed E-state index contributed by atoms with van der Waals surface area (Å²) in [5, 5.41) is 6.98. The van der Waals surface area contributed by atoms with Crippen LogP contribution in [-0.2, 0) is 0 Å². The van der Waals surface area contributed by atoms with Crippen LogP contribution in [0, 0.1) is 13.8 Å². The number of pyridine rings is 2. The van der Waals surface area contributed by atoms with Gasteiger partial charge in [-0.3, -0.25) is 4.79 Å². The normalized spacial score (nSPS) is 16.8. The maximum absolute atomic E-state index is 13.8. The first-order valence-corrected chi connectivity index (χ1v) is 13.6. The smallest absolute Gasteiger partial charge is 0.226 e. The van der Waals surface area contributed by atoms with E-state index in [4.69, 9.17) is 0 Å². The van der Waals surface area contributed by atoms with Gasteiger partial charge in [0, 0.05) is 54.8 Å². The summed E-state index contributed by atoms with van der Waals surface area (Å²) in [6.45, 7) is 5.76. The monoisotopic (exact) mass is 505 g/mol. The van der Waals surface area contributed by atoms with E-state index in [1.54, 1.807) is 0 Å². The zero-order valence-corrected chi connectivity index (χ0v) is 22.4. The van der Waals surface area contributed by atoms with E-state index in [9.17, 15) is 4.79 Å². The third-order valence-corrected chi connectivity index (χ3v) is 7.89. The molecule has 0 spiro atoms. The van der Waals surface area contributed by atoms with E-state index < -0.39 is 0 Å². The summed E-state index contributed by atoms with van der Waals surface area (Å²) in [6, 6.07) is 20.9. The second-order valence-electron chi connectivity index (χ2n) is 10.7. The first kappa shape index (κ1) is 24.3. The Morgan fingerprint density at radius 3 is 2.71 bits per heavy atom. The van der Waals surface area contributed by atoms with Gasteiger partial charge in [0.1, 0.15) is 5.82 Å². The van der Waals surface area contributed by atoms with Gasteiger partial charge in [-0.1, -0.05) is 12.5 Å². The summed E-state index contributed by atoms with van der Waals surface area (Å²) in [5.74, 6) is 1.34. The second-order valence-corrected chi connectivity index (χ2v) is 10.7. The van der Waals surface area contributed by atoms with Crippen LogP contribution in [0.25, 0.3) is 5.52 Å². The van der Waals surface area contributed by atoms with Crippen molar-refractivity contribution in [2.45, 2.75) is 45.4 Å². The quantitative estimate of drug-likeness (QED) is 0.292. The number of allylic oxidation sites excluding steroid dienone is 2. The number of anilines is 3. The second kappa shape index (κ2) is 10.0. The minimum absolute atomic E-state index is 0.103. The molecule has 6 rings (SSSR count). The number of carbonyl (C=O) groups excluding carboxylic acids is 1. The van der Waals surface area contributed by atoms with Gasteiger partial charge in [-0.2, -0.15) is 0 Å². The highest BCUT2D eigenvalue weighted by Crippen LogP contribution is 2.45. The standard InChI is InChI=1S/C32H35N5O/c1-21-18-22(2)34-29(19-21)33-15-17-36(3)24-13-11-23(12-14-24)35-30-27-10-5-4-9-26(27)28-20-25-8-6-7-16-37(25)31(28)32(30)38/h6-8,11-14,16,18-20,26,35H,4-5,9-10,15,17H2,1-3H3,(H,33,34). The molecule has 3 heterocycles. The van der Waals surface area contributed by atoms with Gasteiger partial charge in [-0.05, 0) is 104 Å². The third kappa shape index (κ3) is 4.55. The van der Waals surface area contributed by atoms with Gasteiger partial charge < -0.3 is 19.9 Å². The van der Waals surface area contributed by atoms with E-state index in [1.165, 1.54) is 23.1 Å². The molecule has 1 saturated carbocycles. The van der Waals surface area contributed by atoms with Crippen molar-refractivity contribution in [1.82, 2.24) is 9.38 Å². The Morgan fingerprint density at radius 1 is 1.05 bits per heavy atom. The Balaban J connectivity index is 1.17. The number of aromatic nitrogens is 2. The fraction of sp³-hybridized carbons (Fsp3) is 0.312. The van der Waals surface area contributed by atoms with Gasteiger partial charge in [0.15, 0.2) is 0 Å². The molecule has 1 atom stereocenters. The average Bonchev–Trinajstić information content (AvgIpc) is 3.31. The molecule has 1 fully saturated rings. The fourth-order valence-corrected chi connectivity index (χ4v) is 6.06. The maximum Gasteiger partial charge on any atom is 0.226 e. The summed E-state index contributed by atoms with van der Waals surface area (Å²) < 4.78 is 2.06. The van der Waals surface area contributed by atoms with Crippen LogP contribution in [0.5, 0.6) is 0 Å². The topological polar surface area (TPSA) is 61.7 Å². The molecule has 2 aliphatic carbocycles. The lowest BCUT2D eigenvalue weighted by atomic mass is 9.74. The largest absolute Gasteiger partial charge is 0.373 e. The highest BCUT2D eigenvalue weighted by atomic mass is 16.1. The Bertz CT molecular complexity index is 1510. The molecular weight excluding hydrogens is 470 g/mol. The predicted octanol–water partition coefficient (Wildman–Crippen LogP) is 6.72. The van der Waals surface area contributed by atoms with Crippen LogP contribution >= 0.6 is 0 Å². The summed E-state index contributed by atoms with van der Waals surface area (Å²) in [4.78, 5) is 20.6. The van der Waals surface area contributed by atoms with Gasteiger partial charge >= 0.3 is 0 Å². The number of nitrogens with one attached hydrogen (secondary N) is 2. The van der Waals surface area contributed by atoms with Crippen LogP contribution in [0.1, 0.15) is 58.9 Å². The number of carbonyl (C=O) groups is 1. The molecule has 2 N–H and O–H groups in total. The average molecular weight is 506 g/mol. The molecule has 2 aliphatic rings. The number of aryl methyl sites for hydroxylation is 2. The molecule has 6 heteroatoms. The number of ketones is 1. The van der Waals surface area contributed by atoms with Crippen LogP contribution in [-0.4, -0.2) is 35.3 Å². The van der Waals surface area contributed by atoms with Gasteiger partial charge in [-0.15, -0.1) is 0 Å². The lowest BCUT2D eigenvalue weighted by Crippen LogP contribution is -2.27. The maximum atomic E-state index is 13.8. The van der Waals surface area contributed by atoms with E-state index in [-0.39, 0.29) is 5.78 Å². The zero-order valence-electron chi connectivity index (χ0n) is 22.4. The molecule has 38 heavy (non-hydrogen) atoms. The van der Waals surface area contributed by atoms with E-state index in [0.29, 0.717) is 5.92 Å². The molecule has 0 aliphatic heterocycles. The molecule has 0 amide bonds. The number of Topliss-reactive ketones (excluding diaryl/α,β-unsaturated/α-hetero) is 1. The van der Waals surface area contributed by atoms with Crippen LogP contribution < -0.4 is 15.5 Å². The molecule has 1 aromatic carbocycles. The van der Waals surface area contributed by atoms with Crippen LogP contribution in [0.3, 0.4) is 0 Å². The first-order valence-electron chi connectivity index (χ1n) is 13.6. The van der Waals surface area contributed by atoms with Crippen molar-refractivity contribution in [2.75, 3.05) is 35.7 Å². The lowest BCUT2D eigenvalue weighted by Gasteiger charge is -2.32. The summed E-state index contributed by atoms with van der Waals surface area (Å²) in [7, 11) is 2.10. The molecular formula is C32H35N5O. The van der Waals surface area contributed by atoms with Gasteiger partial charge in [0.2, 0.25) is 5.78 Å². The predicted molar refractivity (Wildman–Crippen MR) is 155 cm³/mol. The van der Waals surface area contributed by atoms with Crippen molar-refractivity contribution in [3.05, 3.63) is 101 Å². The highest BCUT2D eigenvalue weighted by molar-refractivity contribution is 6.13. The van der Waals surface area contributed by atoms with Crippen LogP contribution in [0.4, 0.5) is 17.2 Å². The Labute approximate surface area is 224 Å². The minimum atomic E-state index is 0.103. The van der Waals surface area contributed by atoms with E-state index >= 15 is 0 Å². The van der Waals surface area contributed by atoms with Crippen molar-refractivity contribution in [1.29, 1.82) is 0 Å². The molecule has 0 radical (unpaired) electrons. The number of likely N-dealkylation sites (N-methyl/N-ethyl adjacent to an activating group) is 1. The van der Waals surface area contributed by atoms with Crippen LogP contribution in [0.15, 0.2) is 78.1 Å². The number of hydrogen-bond acceptors (Lipinski definition) is 5. The van der Waals surface area contributed by atoms with Gasteiger partial charge in [0.05, 0.1) is 11.4 Å². The summed E-state index contributed by atoms with van der Waals surface area (Å²) in [6.07, 6.45) is 6.44. The zero-order chi connectivity index (χ0) is 26.2. The SMILES string of the molecule is Cc1cc(C)nc(NCCN(C)c2ccc(NC3=C4CCCCC4c4cc5ccccn5c4C3=O)cc2)c1. The number of fused-ring (bicyclic) bond motifs is 5. The van der Waals surface area contributed by atoms with E-state index in [2.05, 4.69) is 87.4 Å². The third-order valence-electron chi connectivity index (χ3n) is 7.89. The van der Waals surface area contributed by atoms with Gasteiger partial charge in [0.25, 0.3) is 0 Å². The molecule has 6 nitrogen and oxygen atoms in total. The number of nitrogens with zero attached hydrogens (tertiary/aromatic N) is 3. The Hall–Kier alpha value is -4.06.